The normalized spacial score (nSPS) is 11.5. The van der Waals surface area contributed by atoms with Crippen molar-refractivity contribution in [2.75, 3.05) is 79.3 Å². The van der Waals surface area contributed by atoms with Crippen LogP contribution in [-0.2, 0) is 28.4 Å². The third-order valence-corrected chi connectivity index (χ3v) is 2.62. The number of rotatable bonds is 17. The molecule has 0 heterocycles. The van der Waals surface area contributed by atoms with E-state index >= 15 is 0 Å². The van der Waals surface area contributed by atoms with Gasteiger partial charge in [0.05, 0.1) is 66.1 Å². The minimum Gasteiger partial charge on any atom is -0.444 e. The Morgan fingerprint density at radius 3 is 1.50 bits per heavy atom. The number of halogens is 1. The third kappa shape index (κ3) is 21.0. The van der Waals surface area contributed by atoms with Gasteiger partial charge in [-0.15, -0.1) is 0 Å². The van der Waals surface area contributed by atoms with Gasteiger partial charge in [0, 0.05) is 6.54 Å². The summed E-state index contributed by atoms with van der Waals surface area (Å²) >= 11 is 0. The molecule has 0 fully saturated rings. The van der Waals surface area contributed by atoms with Crippen LogP contribution in [0.15, 0.2) is 0 Å². The van der Waals surface area contributed by atoms with E-state index in [1.54, 1.807) is 0 Å². The van der Waals surface area contributed by atoms with Gasteiger partial charge in [-0.2, -0.15) is 0 Å². The van der Waals surface area contributed by atoms with E-state index in [1.807, 2.05) is 20.8 Å². The molecule has 0 aliphatic heterocycles. The summed E-state index contributed by atoms with van der Waals surface area (Å²) in [4.78, 5) is 11.4. The lowest BCUT2D eigenvalue weighted by molar-refractivity contribution is -0.0116. The molecule has 0 aromatic rings. The molecule has 0 rings (SSSR count). The summed E-state index contributed by atoms with van der Waals surface area (Å²) in [6, 6.07) is 0. The van der Waals surface area contributed by atoms with Crippen molar-refractivity contribution in [3.05, 3.63) is 0 Å². The zero-order valence-corrected chi connectivity index (χ0v) is 16.2. The summed E-state index contributed by atoms with van der Waals surface area (Å²) in [6.07, 6.45) is -0.453. The van der Waals surface area contributed by atoms with Crippen LogP contribution in [0.4, 0.5) is 9.18 Å². The van der Waals surface area contributed by atoms with Gasteiger partial charge in [-0.1, -0.05) is 0 Å². The van der Waals surface area contributed by atoms with E-state index in [4.69, 9.17) is 28.4 Å². The lowest BCUT2D eigenvalue weighted by atomic mass is 10.2. The van der Waals surface area contributed by atoms with Gasteiger partial charge in [0.15, 0.2) is 0 Å². The van der Waals surface area contributed by atoms with E-state index in [2.05, 4.69) is 5.32 Å². The second-order valence-corrected chi connectivity index (χ2v) is 6.18. The number of ether oxygens (including phenoxy) is 6. The Morgan fingerprint density at radius 1 is 0.731 bits per heavy atom. The van der Waals surface area contributed by atoms with Gasteiger partial charge in [-0.25, -0.2) is 9.18 Å². The number of carbonyl (C=O) groups excluding carboxylic acids is 1. The van der Waals surface area contributed by atoms with E-state index in [1.165, 1.54) is 0 Å². The van der Waals surface area contributed by atoms with Crippen molar-refractivity contribution in [1.29, 1.82) is 0 Å². The topological polar surface area (TPSA) is 84.5 Å². The molecule has 0 radical (unpaired) electrons. The molecule has 8 nitrogen and oxygen atoms in total. The first-order chi connectivity index (χ1) is 12.5. The molecule has 0 aliphatic rings. The van der Waals surface area contributed by atoms with Crippen LogP contribution >= 0.6 is 0 Å². The quantitative estimate of drug-likeness (QED) is 0.382. The maximum Gasteiger partial charge on any atom is 0.407 e. The SMILES string of the molecule is CC(C)(C)OC(=O)NCCOCCOCCOCCOCCOCCF. The minimum atomic E-state index is -0.502. The Morgan fingerprint density at radius 2 is 1.12 bits per heavy atom. The molecule has 156 valence electrons. The molecular weight excluding hydrogens is 349 g/mol. The monoisotopic (exact) mass is 383 g/mol. The smallest absolute Gasteiger partial charge is 0.407 e. The number of amides is 1. The lowest BCUT2D eigenvalue weighted by Gasteiger charge is -2.19. The zero-order chi connectivity index (χ0) is 19.5. The number of nitrogens with one attached hydrogen (secondary N) is 1. The van der Waals surface area contributed by atoms with Gasteiger partial charge in [-0.05, 0) is 20.8 Å². The summed E-state index contributed by atoms with van der Waals surface area (Å²) < 4.78 is 43.0. The average molecular weight is 383 g/mol. The molecular formula is C17H34FNO7. The lowest BCUT2D eigenvalue weighted by Crippen LogP contribution is -2.34. The fourth-order valence-corrected chi connectivity index (χ4v) is 1.58. The van der Waals surface area contributed by atoms with Crippen molar-refractivity contribution >= 4 is 6.09 Å². The van der Waals surface area contributed by atoms with Gasteiger partial charge in [0.1, 0.15) is 12.3 Å². The Balaban J connectivity index is 3.12. The first-order valence-corrected chi connectivity index (χ1v) is 8.87. The van der Waals surface area contributed by atoms with Crippen LogP contribution in [0.1, 0.15) is 20.8 Å². The predicted molar refractivity (Wildman–Crippen MR) is 94.3 cm³/mol. The van der Waals surface area contributed by atoms with Crippen LogP contribution in [0.5, 0.6) is 0 Å². The molecule has 1 N–H and O–H groups in total. The summed E-state index contributed by atoms with van der Waals surface area (Å²) in [5.74, 6) is 0. The van der Waals surface area contributed by atoms with Crippen molar-refractivity contribution in [1.82, 2.24) is 5.32 Å². The van der Waals surface area contributed by atoms with Crippen molar-refractivity contribution < 1.29 is 37.6 Å². The fourth-order valence-electron chi connectivity index (χ4n) is 1.58. The zero-order valence-electron chi connectivity index (χ0n) is 16.2. The van der Waals surface area contributed by atoms with Gasteiger partial charge < -0.3 is 33.7 Å². The van der Waals surface area contributed by atoms with Crippen molar-refractivity contribution in [2.24, 2.45) is 0 Å². The highest BCUT2D eigenvalue weighted by atomic mass is 19.1. The van der Waals surface area contributed by atoms with Gasteiger partial charge in [0.25, 0.3) is 0 Å². The molecule has 0 bridgehead atoms. The summed E-state index contributed by atoms with van der Waals surface area (Å²) in [5.41, 5.74) is -0.502. The first kappa shape index (κ1) is 25.0. The van der Waals surface area contributed by atoms with E-state index in [0.29, 0.717) is 66.0 Å². The maximum atomic E-state index is 11.7. The third-order valence-electron chi connectivity index (χ3n) is 2.62. The van der Waals surface area contributed by atoms with Crippen LogP contribution in [0.2, 0.25) is 0 Å². The molecule has 0 atom stereocenters. The molecule has 26 heavy (non-hydrogen) atoms. The molecule has 0 aromatic carbocycles. The highest BCUT2D eigenvalue weighted by Gasteiger charge is 2.15. The van der Waals surface area contributed by atoms with Gasteiger partial charge in [-0.3, -0.25) is 0 Å². The molecule has 0 unspecified atom stereocenters. The van der Waals surface area contributed by atoms with Crippen LogP contribution in [-0.4, -0.2) is 91.0 Å². The number of alkyl carbamates (subject to hydrolysis) is 1. The van der Waals surface area contributed by atoms with Gasteiger partial charge in [0.2, 0.25) is 0 Å². The highest BCUT2D eigenvalue weighted by molar-refractivity contribution is 5.67. The maximum absolute atomic E-state index is 11.7. The van der Waals surface area contributed by atoms with Crippen LogP contribution in [0.3, 0.4) is 0 Å². The number of hydrogen-bond donors (Lipinski definition) is 1. The summed E-state index contributed by atoms with van der Waals surface area (Å²) in [6.45, 7) is 9.44. The van der Waals surface area contributed by atoms with Crippen LogP contribution < -0.4 is 5.32 Å². The molecule has 1 amide bonds. The second-order valence-electron chi connectivity index (χ2n) is 6.18. The van der Waals surface area contributed by atoms with E-state index in [0.717, 1.165) is 0 Å². The Kier molecular flexibility index (Phi) is 16.7. The standard InChI is InChI=1S/C17H34FNO7/c1-17(2,3)26-16(20)19-5-7-22-9-11-24-13-15-25-14-12-23-10-8-21-6-4-18/h4-15H2,1-3H3,(H,19,20). The molecule has 0 saturated heterocycles. The fraction of sp³-hybridized carbons (Fsp3) is 0.941. The largest absolute Gasteiger partial charge is 0.444 e. The van der Waals surface area contributed by atoms with Crippen molar-refractivity contribution in [3.63, 3.8) is 0 Å². The molecule has 0 spiro atoms. The average Bonchev–Trinajstić information content (AvgIpc) is 2.56. The first-order valence-electron chi connectivity index (χ1n) is 8.87. The number of alkyl halides is 1. The number of hydrogen-bond acceptors (Lipinski definition) is 7. The molecule has 0 aliphatic carbocycles. The van der Waals surface area contributed by atoms with Crippen molar-refractivity contribution in [3.8, 4) is 0 Å². The highest BCUT2D eigenvalue weighted by Crippen LogP contribution is 2.05. The Labute approximate surface area is 155 Å². The molecule has 0 saturated carbocycles. The Hall–Kier alpha value is -1.00. The van der Waals surface area contributed by atoms with E-state index < -0.39 is 18.4 Å². The van der Waals surface area contributed by atoms with E-state index in [-0.39, 0.29) is 6.61 Å². The van der Waals surface area contributed by atoms with Crippen molar-refractivity contribution in [2.45, 2.75) is 26.4 Å². The van der Waals surface area contributed by atoms with Crippen LogP contribution in [0, 0.1) is 0 Å². The van der Waals surface area contributed by atoms with E-state index in [9.17, 15) is 9.18 Å². The Bertz CT molecular complexity index is 327. The molecule has 9 heteroatoms. The summed E-state index contributed by atoms with van der Waals surface area (Å²) in [7, 11) is 0. The second kappa shape index (κ2) is 17.4. The molecule has 0 aromatic heterocycles. The number of carbonyl (C=O) groups is 1. The minimum absolute atomic E-state index is 0.112. The summed E-state index contributed by atoms with van der Waals surface area (Å²) in [5, 5.41) is 2.61. The predicted octanol–water partition coefficient (Wildman–Crippen LogP) is 1.56. The van der Waals surface area contributed by atoms with Crippen LogP contribution in [0.25, 0.3) is 0 Å². The van der Waals surface area contributed by atoms with Gasteiger partial charge >= 0.3 is 6.09 Å².